The largest absolute Gasteiger partial charge is 0.459 e. The number of nitrogens with one attached hydrogen (secondary N) is 1. The lowest BCUT2D eigenvalue weighted by Crippen LogP contribution is -2.16. The van der Waals surface area contributed by atoms with Gasteiger partial charge in [-0.05, 0) is 60.3 Å². The lowest BCUT2D eigenvalue weighted by atomic mass is 10.2. The maximum atomic E-state index is 5.87. The molecule has 0 saturated carbocycles. The van der Waals surface area contributed by atoms with E-state index in [-0.39, 0.29) is 6.04 Å². The zero-order chi connectivity index (χ0) is 12.3. The topological polar surface area (TPSA) is 25.2 Å². The van der Waals surface area contributed by atoms with Crippen LogP contribution in [0.3, 0.4) is 0 Å². The van der Waals surface area contributed by atoms with E-state index in [2.05, 4.69) is 60.0 Å². The van der Waals surface area contributed by atoms with E-state index in [0.29, 0.717) is 0 Å². The summed E-state index contributed by atoms with van der Waals surface area (Å²) in [4.78, 5) is 0. The molecule has 1 atom stereocenters. The van der Waals surface area contributed by atoms with Crippen molar-refractivity contribution in [2.45, 2.75) is 19.9 Å². The maximum Gasteiger partial charge on any atom is 0.134 e. The smallest absolute Gasteiger partial charge is 0.134 e. The molecule has 0 fully saturated rings. The van der Waals surface area contributed by atoms with Crippen LogP contribution in [0.1, 0.15) is 25.6 Å². The van der Waals surface area contributed by atoms with Gasteiger partial charge in [-0.25, -0.2) is 0 Å². The van der Waals surface area contributed by atoms with E-state index in [9.17, 15) is 0 Å². The highest BCUT2D eigenvalue weighted by Crippen LogP contribution is 2.26. The average Bonchev–Trinajstić information content (AvgIpc) is 2.78. The summed E-state index contributed by atoms with van der Waals surface area (Å²) in [6.07, 6.45) is 0. The molecule has 17 heavy (non-hydrogen) atoms. The molecule has 0 aliphatic carbocycles. The summed E-state index contributed by atoms with van der Waals surface area (Å²) in [5.74, 6) is 1.92. The van der Waals surface area contributed by atoms with Crippen LogP contribution in [0.15, 0.2) is 40.8 Å². The van der Waals surface area contributed by atoms with Crippen LogP contribution in [0, 0.1) is 3.57 Å². The third-order valence-corrected chi connectivity index (χ3v) is 3.34. The molecule has 2 nitrogen and oxygen atoms in total. The Morgan fingerprint density at radius 2 is 2.12 bits per heavy atom. The van der Waals surface area contributed by atoms with E-state index >= 15 is 0 Å². The second-order valence-corrected chi connectivity index (χ2v) is 5.24. The number of hydrogen-bond donors (Lipinski definition) is 1. The van der Waals surface area contributed by atoms with Crippen molar-refractivity contribution in [2.75, 3.05) is 6.54 Å². The van der Waals surface area contributed by atoms with E-state index in [4.69, 9.17) is 4.42 Å². The first-order chi connectivity index (χ1) is 8.20. The maximum absolute atomic E-state index is 5.87. The highest BCUT2D eigenvalue weighted by Gasteiger charge is 2.10. The van der Waals surface area contributed by atoms with Crippen LogP contribution in [-0.4, -0.2) is 6.54 Å². The highest BCUT2D eigenvalue weighted by molar-refractivity contribution is 14.1. The Morgan fingerprint density at radius 1 is 1.29 bits per heavy atom. The van der Waals surface area contributed by atoms with Gasteiger partial charge in [0.15, 0.2) is 0 Å². The van der Waals surface area contributed by atoms with Gasteiger partial charge in [0, 0.05) is 9.13 Å². The van der Waals surface area contributed by atoms with Crippen LogP contribution in [0.2, 0.25) is 0 Å². The van der Waals surface area contributed by atoms with Crippen molar-refractivity contribution in [1.29, 1.82) is 0 Å². The Morgan fingerprint density at radius 3 is 2.82 bits per heavy atom. The number of furan rings is 1. The van der Waals surface area contributed by atoms with E-state index in [1.54, 1.807) is 0 Å². The molecule has 0 aliphatic rings. The Bertz CT molecular complexity index is 492. The van der Waals surface area contributed by atoms with E-state index in [0.717, 1.165) is 23.6 Å². The minimum atomic E-state index is 0.261. The molecule has 1 aromatic heterocycles. The standard InChI is InChI=1S/C14H16INO/c1-3-16-10(2)13-7-8-14(17-13)11-5-4-6-12(15)9-11/h4-10,16H,3H2,1-2H3. The Kier molecular flexibility index (Phi) is 4.23. The van der Waals surface area contributed by atoms with Gasteiger partial charge < -0.3 is 9.73 Å². The van der Waals surface area contributed by atoms with Crippen LogP contribution in [0.4, 0.5) is 0 Å². The van der Waals surface area contributed by atoms with Gasteiger partial charge >= 0.3 is 0 Å². The lowest BCUT2D eigenvalue weighted by Gasteiger charge is -2.08. The molecule has 0 saturated heterocycles. The quantitative estimate of drug-likeness (QED) is 0.843. The molecule has 0 spiro atoms. The van der Waals surface area contributed by atoms with Crippen molar-refractivity contribution in [3.05, 3.63) is 45.7 Å². The first-order valence-electron chi connectivity index (χ1n) is 5.79. The SMILES string of the molecule is CCNC(C)c1ccc(-c2cccc(I)c2)o1. The van der Waals surface area contributed by atoms with Crippen LogP contribution in [-0.2, 0) is 0 Å². The average molecular weight is 341 g/mol. The summed E-state index contributed by atoms with van der Waals surface area (Å²) in [6, 6.07) is 12.7. The number of rotatable bonds is 4. The summed E-state index contributed by atoms with van der Waals surface area (Å²) in [6.45, 7) is 5.15. The van der Waals surface area contributed by atoms with Gasteiger partial charge in [-0.3, -0.25) is 0 Å². The van der Waals surface area contributed by atoms with E-state index in [1.807, 2.05) is 18.2 Å². The van der Waals surface area contributed by atoms with Gasteiger partial charge in [-0.15, -0.1) is 0 Å². The lowest BCUT2D eigenvalue weighted by molar-refractivity contribution is 0.445. The second kappa shape index (κ2) is 5.69. The molecule has 0 radical (unpaired) electrons. The summed E-state index contributed by atoms with van der Waals surface area (Å²) in [5.41, 5.74) is 1.13. The fraction of sp³-hybridized carbons (Fsp3) is 0.286. The number of hydrogen-bond acceptors (Lipinski definition) is 2. The summed E-state index contributed by atoms with van der Waals surface area (Å²) >= 11 is 2.31. The normalized spacial score (nSPS) is 12.6. The molecule has 2 rings (SSSR count). The minimum absolute atomic E-state index is 0.261. The van der Waals surface area contributed by atoms with Gasteiger partial charge in [0.25, 0.3) is 0 Å². The minimum Gasteiger partial charge on any atom is -0.459 e. The Labute approximate surface area is 116 Å². The number of halogens is 1. The third kappa shape index (κ3) is 3.10. The van der Waals surface area contributed by atoms with Gasteiger partial charge in [0.1, 0.15) is 11.5 Å². The van der Waals surface area contributed by atoms with Crippen LogP contribution >= 0.6 is 22.6 Å². The molecule has 1 aromatic carbocycles. The molecule has 1 unspecified atom stereocenters. The predicted molar refractivity (Wildman–Crippen MR) is 79.0 cm³/mol. The molecule has 1 heterocycles. The molecule has 0 amide bonds. The van der Waals surface area contributed by atoms with E-state index in [1.165, 1.54) is 3.57 Å². The number of benzene rings is 1. The fourth-order valence-electron chi connectivity index (χ4n) is 1.79. The monoisotopic (exact) mass is 341 g/mol. The van der Waals surface area contributed by atoms with E-state index < -0.39 is 0 Å². The summed E-state index contributed by atoms with van der Waals surface area (Å²) in [5, 5.41) is 3.34. The first-order valence-corrected chi connectivity index (χ1v) is 6.87. The molecule has 0 bridgehead atoms. The van der Waals surface area contributed by atoms with Gasteiger partial charge in [-0.2, -0.15) is 0 Å². The molecule has 90 valence electrons. The van der Waals surface area contributed by atoms with Crippen molar-refractivity contribution in [3.8, 4) is 11.3 Å². The molecule has 0 aliphatic heterocycles. The van der Waals surface area contributed by atoms with Gasteiger partial charge in [0.05, 0.1) is 6.04 Å². The first kappa shape index (κ1) is 12.6. The molecule has 3 heteroatoms. The van der Waals surface area contributed by atoms with Crippen molar-refractivity contribution in [1.82, 2.24) is 5.32 Å². The van der Waals surface area contributed by atoms with Crippen molar-refractivity contribution in [3.63, 3.8) is 0 Å². The van der Waals surface area contributed by atoms with Crippen molar-refractivity contribution in [2.24, 2.45) is 0 Å². The zero-order valence-electron chi connectivity index (χ0n) is 10.0. The van der Waals surface area contributed by atoms with Crippen LogP contribution in [0.25, 0.3) is 11.3 Å². The molecular weight excluding hydrogens is 325 g/mol. The Balaban J connectivity index is 2.23. The molecular formula is C14H16INO. The van der Waals surface area contributed by atoms with Crippen molar-refractivity contribution >= 4 is 22.6 Å². The zero-order valence-corrected chi connectivity index (χ0v) is 12.2. The fourth-order valence-corrected chi connectivity index (χ4v) is 2.33. The van der Waals surface area contributed by atoms with Gasteiger partial charge in [-0.1, -0.05) is 19.1 Å². The van der Waals surface area contributed by atoms with Gasteiger partial charge in [0.2, 0.25) is 0 Å². The second-order valence-electron chi connectivity index (χ2n) is 3.99. The van der Waals surface area contributed by atoms with Crippen LogP contribution < -0.4 is 5.32 Å². The molecule has 2 aromatic rings. The van der Waals surface area contributed by atoms with Crippen molar-refractivity contribution < 1.29 is 4.42 Å². The predicted octanol–water partition coefficient (Wildman–Crippen LogP) is 4.22. The third-order valence-electron chi connectivity index (χ3n) is 2.67. The Hall–Kier alpha value is -0.810. The highest BCUT2D eigenvalue weighted by atomic mass is 127. The summed E-state index contributed by atoms with van der Waals surface area (Å²) in [7, 11) is 0. The molecule has 1 N–H and O–H groups in total. The summed E-state index contributed by atoms with van der Waals surface area (Å²) < 4.78 is 7.09. The van der Waals surface area contributed by atoms with Crippen LogP contribution in [0.5, 0.6) is 0 Å².